The summed E-state index contributed by atoms with van der Waals surface area (Å²) < 4.78 is 0. The highest BCUT2D eigenvalue weighted by molar-refractivity contribution is 5.92. The normalized spacial score (nSPS) is 14.5. The molecule has 0 aliphatic rings. The summed E-state index contributed by atoms with van der Waals surface area (Å²) in [5.41, 5.74) is 10.2. The monoisotopic (exact) mass is 320 g/mol. The number of rotatable bonds is 10. The Bertz CT molecular complexity index is 429. The molecule has 0 aliphatic heterocycles. The van der Waals surface area contributed by atoms with Crippen molar-refractivity contribution in [2.24, 2.45) is 11.5 Å². The summed E-state index contributed by atoms with van der Waals surface area (Å²) in [5, 5.41) is 30.5. The van der Waals surface area contributed by atoms with Crippen molar-refractivity contribution >= 4 is 23.7 Å². The summed E-state index contributed by atoms with van der Waals surface area (Å²) in [6.07, 6.45) is -0.438. The smallest absolute Gasteiger partial charge is 0.328 e. The highest BCUT2D eigenvalue weighted by atomic mass is 16.4. The second kappa shape index (κ2) is 9.65. The van der Waals surface area contributed by atoms with Crippen LogP contribution in [0.2, 0.25) is 0 Å². The molecule has 126 valence electrons. The molecule has 0 spiro atoms. The molecule has 22 heavy (non-hydrogen) atoms. The van der Waals surface area contributed by atoms with Crippen LogP contribution in [0.25, 0.3) is 0 Å². The number of hydrogen-bond acceptors (Lipinski definition) is 7. The van der Waals surface area contributed by atoms with E-state index < -0.39 is 55.0 Å². The van der Waals surface area contributed by atoms with Crippen LogP contribution in [0.4, 0.5) is 0 Å². The summed E-state index contributed by atoms with van der Waals surface area (Å²) >= 11 is 0. The van der Waals surface area contributed by atoms with Crippen LogP contribution in [-0.4, -0.2) is 70.3 Å². The van der Waals surface area contributed by atoms with Crippen molar-refractivity contribution in [2.45, 2.75) is 31.0 Å². The van der Waals surface area contributed by atoms with Gasteiger partial charge in [-0.1, -0.05) is 0 Å². The van der Waals surface area contributed by atoms with E-state index in [-0.39, 0.29) is 12.8 Å². The fourth-order valence-electron chi connectivity index (χ4n) is 1.37. The van der Waals surface area contributed by atoms with E-state index in [4.69, 9.17) is 26.8 Å². The van der Waals surface area contributed by atoms with E-state index in [0.717, 1.165) is 0 Å². The van der Waals surface area contributed by atoms with Crippen LogP contribution < -0.4 is 22.1 Å². The van der Waals surface area contributed by atoms with E-state index in [1.807, 2.05) is 5.32 Å². The van der Waals surface area contributed by atoms with Gasteiger partial charge in [-0.25, -0.2) is 4.79 Å². The van der Waals surface area contributed by atoms with Gasteiger partial charge in [0.05, 0.1) is 13.2 Å². The van der Waals surface area contributed by atoms with Crippen molar-refractivity contribution in [1.29, 1.82) is 0 Å². The standard InChI is InChI=1S/C11H20N4O7/c12-5(3-16)9(19)14-6(1-2-8(13)18)10(20)15-7(4-17)11(21)22/h5-7,16-17H,1-4,12H2,(H2,13,18)(H,14,19)(H,15,20)(H,21,22)/t5-,6-,7-/m0/s1. The molecule has 0 heterocycles. The molecule has 0 aromatic carbocycles. The van der Waals surface area contributed by atoms with Crippen molar-refractivity contribution in [2.75, 3.05) is 13.2 Å². The van der Waals surface area contributed by atoms with Gasteiger partial charge in [0, 0.05) is 6.42 Å². The van der Waals surface area contributed by atoms with Gasteiger partial charge >= 0.3 is 5.97 Å². The molecule has 9 N–H and O–H groups in total. The number of carbonyl (C=O) groups excluding carboxylic acids is 3. The maximum atomic E-state index is 11.9. The maximum absolute atomic E-state index is 11.9. The molecular weight excluding hydrogens is 300 g/mol. The summed E-state index contributed by atoms with van der Waals surface area (Å²) in [6, 6.07) is -4.13. The first-order valence-electron chi connectivity index (χ1n) is 6.32. The third-order valence-electron chi connectivity index (χ3n) is 2.64. The zero-order valence-electron chi connectivity index (χ0n) is 11.7. The van der Waals surface area contributed by atoms with E-state index in [1.165, 1.54) is 0 Å². The van der Waals surface area contributed by atoms with E-state index in [2.05, 4.69) is 5.32 Å². The lowest BCUT2D eigenvalue weighted by molar-refractivity contribution is -0.143. The lowest BCUT2D eigenvalue weighted by atomic mass is 10.1. The van der Waals surface area contributed by atoms with Crippen molar-refractivity contribution < 1.29 is 34.5 Å². The predicted octanol–water partition coefficient (Wildman–Crippen LogP) is -4.38. The Morgan fingerprint density at radius 3 is 1.91 bits per heavy atom. The van der Waals surface area contributed by atoms with Gasteiger partial charge in [-0.15, -0.1) is 0 Å². The molecule has 0 saturated heterocycles. The second-order valence-electron chi connectivity index (χ2n) is 4.44. The molecular formula is C11H20N4O7. The quantitative estimate of drug-likeness (QED) is 0.209. The number of nitrogens with two attached hydrogens (primary N) is 2. The summed E-state index contributed by atoms with van der Waals surface area (Å²) in [4.78, 5) is 45.0. The molecule has 3 atom stereocenters. The van der Waals surface area contributed by atoms with Gasteiger partial charge in [0.2, 0.25) is 17.7 Å². The lowest BCUT2D eigenvalue weighted by Crippen LogP contribution is -2.55. The third kappa shape index (κ3) is 6.97. The number of aliphatic hydroxyl groups excluding tert-OH is 2. The zero-order valence-corrected chi connectivity index (χ0v) is 11.7. The Morgan fingerprint density at radius 1 is 0.955 bits per heavy atom. The number of nitrogens with one attached hydrogen (secondary N) is 2. The minimum absolute atomic E-state index is 0.192. The van der Waals surface area contributed by atoms with Gasteiger partial charge in [-0.3, -0.25) is 14.4 Å². The van der Waals surface area contributed by atoms with Crippen LogP contribution in [0, 0.1) is 0 Å². The number of aliphatic hydroxyl groups is 2. The average Bonchev–Trinajstić information content (AvgIpc) is 2.46. The maximum Gasteiger partial charge on any atom is 0.328 e. The first-order chi connectivity index (χ1) is 10.2. The Hall–Kier alpha value is -2.24. The molecule has 0 unspecified atom stereocenters. The Labute approximate surface area is 125 Å². The van der Waals surface area contributed by atoms with Gasteiger partial charge in [-0.05, 0) is 6.42 Å². The van der Waals surface area contributed by atoms with E-state index in [0.29, 0.717) is 0 Å². The Morgan fingerprint density at radius 2 is 1.50 bits per heavy atom. The lowest BCUT2D eigenvalue weighted by Gasteiger charge is -2.21. The minimum atomic E-state index is -1.56. The molecule has 0 bridgehead atoms. The molecule has 11 nitrogen and oxygen atoms in total. The number of amides is 3. The number of primary amides is 1. The SMILES string of the molecule is NC(=O)CC[C@H](NC(=O)[C@@H](N)CO)C(=O)N[C@@H](CO)C(=O)O. The van der Waals surface area contributed by atoms with Crippen molar-refractivity contribution in [3.8, 4) is 0 Å². The Kier molecular flexibility index (Phi) is 8.67. The molecule has 0 saturated carbocycles. The largest absolute Gasteiger partial charge is 0.480 e. The molecule has 0 aromatic rings. The Balaban J connectivity index is 4.89. The first-order valence-corrected chi connectivity index (χ1v) is 6.32. The molecule has 0 fully saturated rings. The van der Waals surface area contributed by atoms with Crippen molar-refractivity contribution in [3.63, 3.8) is 0 Å². The number of carbonyl (C=O) groups is 4. The van der Waals surface area contributed by atoms with Crippen molar-refractivity contribution in [1.82, 2.24) is 10.6 Å². The molecule has 0 aliphatic carbocycles. The second-order valence-corrected chi connectivity index (χ2v) is 4.44. The van der Waals surface area contributed by atoms with Crippen LogP contribution in [-0.2, 0) is 19.2 Å². The minimum Gasteiger partial charge on any atom is -0.480 e. The third-order valence-corrected chi connectivity index (χ3v) is 2.64. The number of carboxylic acids is 1. The molecule has 0 radical (unpaired) electrons. The number of carboxylic acid groups (broad SMARTS) is 1. The zero-order chi connectivity index (χ0) is 17.3. The fourth-order valence-corrected chi connectivity index (χ4v) is 1.37. The number of hydrogen-bond donors (Lipinski definition) is 7. The first kappa shape index (κ1) is 19.8. The van der Waals surface area contributed by atoms with Gasteiger partial charge in [0.15, 0.2) is 0 Å². The van der Waals surface area contributed by atoms with Crippen LogP contribution in [0.5, 0.6) is 0 Å². The van der Waals surface area contributed by atoms with Crippen LogP contribution >= 0.6 is 0 Å². The highest BCUT2D eigenvalue weighted by Gasteiger charge is 2.27. The van der Waals surface area contributed by atoms with Crippen molar-refractivity contribution in [3.05, 3.63) is 0 Å². The number of aliphatic carboxylic acids is 1. The van der Waals surface area contributed by atoms with Gasteiger partial charge in [0.25, 0.3) is 0 Å². The topological polar surface area (TPSA) is 205 Å². The van der Waals surface area contributed by atoms with Crippen LogP contribution in [0.3, 0.4) is 0 Å². The van der Waals surface area contributed by atoms with E-state index in [1.54, 1.807) is 0 Å². The highest BCUT2D eigenvalue weighted by Crippen LogP contribution is 1.99. The van der Waals surface area contributed by atoms with Gasteiger partial charge in [0.1, 0.15) is 18.1 Å². The molecule has 3 amide bonds. The summed E-state index contributed by atoms with van der Waals surface area (Å²) in [6.45, 7) is -1.52. The van der Waals surface area contributed by atoms with E-state index >= 15 is 0 Å². The fraction of sp³-hybridized carbons (Fsp3) is 0.636. The predicted molar refractivity (Wildman–Crippen MR) is 72.1 cm³/mol. The molecule has 0 rings (SSSR count). The average molecular weight is 320 g/mol. The van der Waals surface area contributed by atoms with Gasteiger partial charge in [-0.2, -0.15) is 0 Å². The van der Waals surface area contributed by atoms with Crippen LogP contribution in [0.1, 0.15) is 12.8 Å². The molecule has 11 heteroatoms. The van der Waals surface area contributed by atoms with E-state index in [9.17, 15) is 19.2 Å². The summed E-state index contributed by atoms with van der Waals surface area (Å²) in [5.74, 6) is -3.98. The summed E-state index contributed by atoms with van der Waals surface area (Å²) in [7, 11) is 0. The molecule has 0 aromatic heterocycles. The van der Waals surface area contributed by atoms with Gasteiger partial charge < -0.3 is 37.4 Å². The van der Waals surface area contributed by atoms with Crippen LogP contribution in [0.15, 0.2) is 0 Å².